The SMILES string of the molecule is CCOC(C)=O.O=C(O)CCC(=O)O. The molecule has 82 valence electrons. The molecule has 0 aromatic carbocycles. The third kappa shape index (κ3) is 22.4. The molecule has 0 aromatic rings. The van der Waals surface area contributed by atoms with E-state index in [0.717, 1.165) is 0 Å². The summed E-state index contributed by atoms with van der Waals surface area (Å²) in [5, 5.41) is 15.8. The molecule has 0 unspecified atom stereocenters. The monoisotopic (exact) mass is 206 g/mol. The summed E-state index contributed by atoms with van der Waals surface area (Å²) in [4.78, 5) is 29.1. The number of hydrogen-bond donors (Lipinski definition) is 2. The van der Waals surface area contributed by atoms with Crippen LogP contribution in [-0.2, 0) is 19.1 Å². The lowest BCUT2D eigenvalue weighted by atomic mass is 10.3. The largest absolute Gasteiger partial charge is 0.481 e. The summed E-state index contributed by atoms with van der Waals surface area (Å²) >= 11 is 0. The maximum absolute atomic E-state index is 9.82. The molecule has 0 aliphatic carbocycles. The minimum Gasteiger partial charge on any atom is -0.481 e. The van der Waals surface area contributed by atoms with Crippen molar-refractivity contribution in [1.29, 1.82) is 0 Å². The van der Waals surface area contributed by atoms with E-state index in [1.807, 2.05) is 0 Å². The molecule has 0 spiro atoms. The van der Waals surface area contributed by atoms with Crippen molar-refractivity contribution in [2.75, 3.05) is 6.61 Å². The van der Waals surface area contributed by atoms with Crippen LogP contribution in [0.5, 0.6) is 0 Å². The van der Waals surface area contributed by atoms with E-state index in [2.05, 4.69) is 4.74 Å². The Balaban J connectivity index is 0. The van der Waals surface area contributed by atoms with Crippen molar-refractivity contribution in [3.05, 3.63) is 0 Å². The molecule has 0 atom stereocenters. The fraction of sp³-hybridized carbons (Fsp3) is 0.625. The van der Waals surface area contributed by atoms with Gasteiger partial charge >= 0.3 is 17.9 Å². The van der Waals surface area contributed by atoms with E-state index in [9.17, 15) is 14.4 Å². The minimum absolute atomic E-state index is 0.211. The lowest BCUT2D eigenvalue weighted by Crippen LogP contribution is -2.00. The predicted molar refractivity (Wildman–Crippen MR) is 46.8 cm³/mol. The third-order valence-corrected chi connectivity index (χ3v) is 0.900. The van der Waals surface area contributed by atoms with E-state index in [-0.39, 0.29) is 18.8 Å². The number of carboxylic acids is 2. The van der Waals surface area contributed by atoms with Crippen LogP contribution in [0, 0.1) is 0 Å². The Morgan fingerprint density at radius 1 is 1.07 bits per heavy atom. The second-order valence-corrected chi connectivity index (χ2v) is 2.21. The highest BCUT2D eigenvalue weighted by Gasteiger charge is 2.00. The zero-order valence-electron chi connectivity index (χ0n) is 8.15. The normalized spacial score (nSPS) is 8.14. The van der Waals surface area contributed by atoms with Gasteiger partial charge in [0.05, 0.1) is 19.4 Å². The molecule has 0 aliphatic rings. The molecular weight excluding hydrogens is 192 g/mol. The Hall–Kier alpha value is -1.59. The third-order valence-electron chi connectivity index (χ3n) is 0.900. The van der Waals surface area contributed by atoms with Crippen LogP contribution in [0.25, 0.3) is 0 Å². The summed E-state index contributed by atoms with van der Waals surface area (Å²) in [6.45, 7) is 3.65. The zero-order valence-corrected chi connectivity index (χ0v) is 8.15. The van der Waals surface area contributed by atoms with Crippen molar-refractivity contribution >= 4 is 17.9 Å². The summed E-state index contributed by atoms with van der Waals surface area (Å²) in [5.74, 6) is -2.36. The van der Waals surface area contributed by atoms with Crippen molar-refractivity contribution < 1.29 is 29.3 Å². The molecule has 0 amide bonds. The molecule has 6 nitrogen and oxygen atoms in total. The van der Waals surface area contributed by atoms with Gasteiger partial charge in [-0.2, -0.15) is 0 Å². The molecule has 14 heavy (non-hydrogen) atoms. The van der Waals surface area contributed by atoms with Crippen LogP contribution < -0.4 is 0 Å². The number of ether oxygens (including phenoxy) is 1. The van der Waals surface area contributed by atoms with Crippen molar-refractivity contribution in [2.24, 2.45) is 0 Å². The maximum Gasteiger partial charge on any atom is 0.303 e. The van der Waals surface area contributed by atoms with Gasteiger partial charge in [0.2, 0.25) is 0 Å². The first kappa shape index (κ1) is 14.9. The average molecular weight is 206 g/mol. The topological polar surface area (TPSA) is 101 Å². The lowest BCUT2D eigenvalue weighted by Gasteiger charge is -1.89. The smallest absolute Gasteiger partial charge is 0.303 e. The Kier molecular flexibility index (Phi) is 10.1. The highest BCUT2D eigenvalue weighted by molar-refractivity contribution is 5.75. The predicted octanol–water partition coefficient (Wildman–Crippen LogP) is 0.505. The van der Waals surface area contributed by atoms with E-state index < -0.39 is 11.9 Å². The van der Waals surface area contributed by atoms with E-state index in [1.54, 1.807) is 6.92 Å². The summed E-state index contributed by atoms with van der Waals surface area (Å²) in [6.07, 6.45) is -0.593. The highest BCUT2D eigenvalue weighted by Crippen LogP contribution is 1.86. The number of carbonyl (C=O) groups excluding carboxylic acids is 1. The van der Waals surface area contributed by atoms with Crippen LogP contribution in [0.1, 0.15) is 26.7 Å². The zero-order chi connectivity index (χ0) is 11.6. The molecule has 0 fully saturated rings. The first-order valence-corrected chi connectivity index (χ1v) is 3.97. The molecule has 6 heteroatoms. The van der Waals surface area contributed by atoms with E-state index in [4.69, 9.17) is 10.2 Å². The van der Waals surface area contributed by atoms with Gasteiger partial charge in [-0.1, -0.05) is 0 Å². The molecule has 0 aliphatic heterocycles. The van der Waals surface area contributed by atoms with Crippen LogP contribution in [0.15, 0.2) is 0 Å². The van der Waals surface area contributed by atoms with Crippen LogP contribution in [0.3, 0.4) is 0 Å². The Morgan fingerprint density at radius 3 is 1.50 bits per heavy atom. The van der Waals surface area contributed by atoms with E-state index in [0.29, 0.717) is 6.61 Å². The van der Waals surface area contributed by atoms with Crippen molar-refractivity contribution in [3.8, 4) is 0 Å². The van der Waals surface area contributed by atoms with Gasteiger partial charge in [-0.05, 0) is 6.92 Å². The first-order valence-electron chi connectivity index (χ1n) is 3.97. The Labute approximate surface area is 81.5 Å². The van der Waals surface area contributed by atoms with Gasteiger partial charge in [0.15, 0.2) is 0 Å². The molecule has 0 saturated heterocycles. The number of esters is 1. The van der Waals surface area contributed by atoms with E-state index >= 15 is 0 Å². The van der Waals surface area contributed by atoms with Gasteiger partial charge in [0.1, 0.15) is 0 Å². The van der Waals surface area contributed by atoms with Gasteiger partial charge in [0.25, 0.3) is 0 Å². The maximum atomic E-state index is 9.82. The molecule has 0 rings (SSSR count). The van der Waals surface area contributed by atoms with Crippen LogP contribution in [0.4, 0.5) is 0 Å². The van der Waals surface area contributed by atoms with Gasteiger partial charge in [-0.25, -0.2) is 0 Å². The van der Waals surface area contributed by atoms with Crippen molar-refractivity contribution in [3.63, 3.8) is 0 Å². The number of rotatable bonds is 4. The molecule has 0 radical (unpaired) electrons. The van der Waals surface area contributed by atoms with Gasteiger partial charge in [0, 0.05) is 6.92 Å². The Morgan fingerprint density at radius 2 is 1.43 bits per heavy atom. The molecule has 0 aromatic heterocycles. The fourth-order valence-corrected chi connectivity index (χ4v) is 0.417. The van der Waals surface area contributed by atoms with Gasteiger partial charge in [-0.15, -0.1) is 0 Å². The second-order valence-electron chi connectivity index (χ2n) is 2.21. The summed E-state index contributed by atoms with van der Waals surface area (Å²) in [5.41, 5.74) is 0. The standard InChI is InChI=1S/C4H6O4.C4H8O2/c5-3(6)1-2-4(7)8;1-3-6-4(2)5/h1-2H2,(H,5,6)(H,7,8);3H2,1-2H3. The van der Waals surface area contributed by atoms with Crippen molar-refractivity contribution in [1.82, 2.24) is 0 Å². The molecule has 0 saturated carbocycles. The van der Waals surface area contributed by atoms with Crippen LogP contribution in [-0.4, -0.2) is 34.7 Å². The van der Waals surface area contributed by atoms with Gasteiger partial charge < -0.3 is 14.9 Å². The summed E-state index contributed by atoms with van der Waals surface area (Å²) in [6, 6.07) is 0. The second kappa shape index (κ2) is 9.50. The van der Waals surface area contributed by atoms with Crippen molar-refractivity contribution in [2.45, 2.75) is 26.7 Å². The van der Waals surface area contributed by atoms with Gasteiger partial charge in [-0.3, -0.25) is 14.4 Å². The highest BCUT2D eigenvalue weighted by atomic mass is 16.5. The number of aliphatic carboxylic acids is 2. The Bertz CT molecular complexity index is 184. The molecule has 0 bridgehead atoms. The molecular formula is C8H14O6. The number of hydrogen-bond acceptors (Lipinski definition) is 4. The quantitative estimate of drug-likeness (QED) is 0.649. The molecule has 0 heterocycles. The minimum atomic E-state index is -1.08. The first-order chi connectivity index (χ1) is 6.40. The lowest BCUT2D eigenvalue weighted by molar-refractivity contribution is -0.143. The van der Waals surface area contributed by atoms with E-state index in [1.165, 1.54) is 6.92 Å². The number of carboxylic acid groups (broad SMARTS) is 2. The van der Waals surface area contributed by atoms with Crippen LogP contribution in [0.2, 0.25) is 0 Å². The molecule has 2 N–H and O–H groups in total. The van der Waals surface area contributed by atoms with Crippen LogP contribution >= 0.6 is 0 Å². The average Bonchev–Trinajstić information content (AvgIpc) is 2.01. The number of carbonyl (C=O) groups is 3. The summed E-state index contributed by atoms with van der Waals surface area (Å²) < 4.78 is 4.40. The summed E-state index contributed by atoms with van der Waals surface area (Å²) in [7, 11) is 0. The fourth-order valence-electron chi connectivity index (χ4n) is 0.417.